The van der Waals surface area contributed by atoms with E-state index in [9.17, 15) is 0 Å². The van der Waals surface area contributed by atoms with Crippen molar-refractivity contribution in [1.82, 2.24) is 20.4 Å². The van der Waals surface area contributed by atoms with Gasteiger partial charge < -0.3 is 15.4 Å². The van der Waals surface area contributed by atoms with Gasteiger partial charge in [-0.25, -0.2) is 0 Å². The second-order valence-corrected chi connectivity index (χ2v) is 6.15. The average molecular weight is 317 g/mol. The Bertz CT molecular complexity index is 522. The number of guanidine groups is 1. The van der Waals surface area contributed by atoms with Gasteiger partial charge in [0.15, 0.2) is 5.96 Å². The fourth-order valence-electron chi connectivity index (χ4n) is 3.28. The molecule has 126 valence electrons. The van der Waals surface area contributed by atoms with Gasteiger partial charge in [-0.3, -0.25) is 14.8 Å². The van der Waals surface area contributed by atoms with Crippen LogP contribution in [0.5, 0.6) is 5.75 Å². The summed E-state index contributed by atoms with van der Waals surface area (Å²) in [6, 6.07) is 8.69. The minimum atomic E-state index is 0.594. The number of piperazine rings is 3. The van der Waals surface area contributed by atoms with Crippen molar-refractivity contribution in [2.45, 2.75) is 12.6 Å². The Morgan fingerprint density at radius 2 is 1.91 bits per heavy atom. The SMILES string of the molecule is CN=C(NCc1ccc(OC)cc1)NCC1CN2CCN1CC2. The number of nitrogens with one attached hydrogen (secondary N) is 2. The van der Waals surface area contributed by atoms with Gasteiger partial charge in [-0.15, -0.1) is 0 Å². The topological polar surface area (TPSA) is 52.1 Å². The monoisotopic (exact) mass is 317 g/mol. The van der Waals surface area contributed by atoms with E-state index >= 15 is 0 Å². The lowest BCUT2D eigenvalue weighted by Gasteiger charge is -2.47. The molecule has 4 rings (SSSR count). The molecule has 23 heavy (non-hydrogen) atoms. The van der Waals surface area contributed by atoms with Crippen molar-refractivity contribution in [1.29, 1.82) is 0 Å². The van der Waals surface area contributed by atoms with Gasteiger partial charge in [0.2, 0.25) is 0 Å². The molecule has 3 saturated heterocycles. The standard InChI is InChI=1S/C17H27N5O/c1-18-17(19-11-14-3-5-16(23-2)6-4-14)20-12-15-13-21-7-9-22(15)10-8-21/h3-6,15H,7-13H2,1-2H3,(H2,18,19,20). The minimum absolute atomic E-state index is 0.594. The molecular formula is C17H27N5O. The van der Waals surface area contributed by atoms with Crippen LogP contribution >= 0.6 is 0 Å². The largest absolute Gasteiger partial charge is 0.497 e. The highest BCUT2D eigenvalue weighted by Crippen LogP contribution is 2.14. The van der Waals surface area contributed by atoms with Crippen molar-refractivity contribution >= 4 is 5.96 Å². The van der Waals surface area contributed by atoms with Gasteiger partial charge in [0, 0.05) is 58.9 Å². The first-order valence-corrected chi connectivity index (χ1v) is 8.32. The van der Waals surface area contributed by atoms with E-state index < -0.39 is 0 Å². The first-order chi connectivity index (χ1) is 11.3. The molecule has 0 saturated carbocycles. The molecule has 1 atom stereocenters. The molecule has 0 aromatic heterocycles. The van der Waals surface area contributed by atoms with E-state index in [1.54, 1.807) is 7.11 Å². The molecule has 1 unspecified atom stereocenters. The third kappa shape index (κ3) is 4.14. The third-order valence-electron chi connectivity index (χ3n) is 4.74. The molecular weight excluding hydrogens is 290 g/mol. The van der Waals surface area contributed by atoms with Crippen LogP contribution in [-0.2, 0) is 6.54 Å². The smallest absolute Gasteiger partial charge is 0.191 e. The van der Waals surface area contributed by atoms with Gasteiger partial charge >= 0.3 is 0 Å². The average Bonchev–Trinajstić information content (AvgIpc) is 2.63. The number of aliphatic imine (C=N–C) groups is 1. The lowest BCUT2D eigenvalue weighted by atomic mass is 10.1. The van der Waals surface area contributed by atoms with Gasteiger partial charge in [0.1, 0.15) is 5.75 Å². The van der Waals surface area contributed by atoms with Crippen LogP contribution in [0.1, 0.15) is 5.56 Å². The Morgan fingerprint density at radius 3 is 2.48 bits per heavy atom. The lowest BCUT2D eigenvalue weighted by Crippen LogP contribution is -2.63. The number of ether oxygens (including phenoxy) is 1. The predicted molar refractivity (Wildman–Crippen MR) is 93.0 cm³/mol. The molecule has 2 bridgehead atoms. The van der Waals surface area contributed by atoms with E-state index in [4.69, 9.17) is 4.74 Å². The molecule has 3 aliphatic heterocycles. The van der Waals surface area contributed by atoms with E-state index in [-0.39, 0.29) is 0 Å². The van der Waals surface area contributed by atoms with Gasteiger partial charge in [0.05, 0.1) is 7.11 Å². The molecule has 0 aliphatic carbocycles. The third-order valence-corrected chi connectivity index (χ3v) is 4.74. The molecule has 0 amide bonds. The van der Waals surface area contributed by atoms with E-state index in [1.807, 2.05) is 19.2 Å². The minimum Gasteiger partial charge on any atom is -0.497 e. The van der Waals surface area contributed by atoms with E-state index in [0.717, 1.165) is 24.8 Å². The molecule has 2 N–H and O–H groups in total. The summed E-state index contributed by atoms with van der Waals surface area (Å²) in [4.78, 5) is 9.46. The number of fused-ring (bicyclic) bond motifs is 3. The van der Waals surface area contributed by atoms with E-state index in [2.05, 4.69) is 37.6 Å². The first kappa shape index (κ1) is 16.1. The highest BCUT2D eigenvalue weighted by atomic mass is 16.5. The molecule has 0 radical (unpaired) electrons. The van der Waals surface area contributed by atoms with Crippen molar-refractivity contribution < 1.29 is 4.74 Å². The number of benzene rings is 1. The van der Waals surface area contributed by atoms with Gasteiger partial charge in [0.25, 0.3) is 0 Å². The van der Waals surface area contributed by atoms with Crippen LogP contribution in [0.15, 0.2) is 29.3 Å². The zero-order valence-electron chi connectivity index (χ0n) is 14.1. The summed E-state index contributed by atoms with van der Waals surface area (Å²) in [5.41, 5.74) is 1.21. The first-order valence-electron chi connectivity index (χ1n) is 8.32. The number of nitrogens with zero attached hydrogens (tertiary/aromatic N) is 3. The summed E-state index contributed by atoms with van der Waals surface area (Å²) in [5, 5.41) is 6.84. The lowest BCUT2D eigenvalue weighted by molar-refractivity contribution is 0.0154. The Balaban J connectivity index is 1.44. The fourth-order valence-corrected chi connectivity index (χ4v) is 3.28. The van der Waals surface area contributed by atoms with Crippen LogP contribution in [0.4, 0.5) is 0 Å². The maximum atomic E-state index is 5.18. The van der Waals surface area contributed by atoms with Gasteiger partial charge in [-0.05, 0) is 17.7 Å². The highest BCUT2D eigenvalue weighted by molar-refractivity contribution is 5.79. The maximum absolute atomic E-state index is 5.18. The second-order valence-electron chi connectivity index (χ2n) is 6.15. The summed E-state index contributed by atoms with van der Waals surface area (Å²) < 4.78 is 5.18. The van der Waals surface area contributed by atoms with Crippen molar-refractivity contribution in [3.8, 4) is 5.75 Å². The molecule has 3 heterocycles. The molecule has 0 spiro atoms. The molecule has 1 aromatic carbocycles. The normalized spacial score (nSPS) is 26.9. The van der Waals surface area contributed by atoms with Crippen LogP contribution in [-0.4, -0.2) is 75.2 Å². The molecule has 1 aromatic rings. The molecule has 6 nitrogen and oxygen atoms in total. The van der Waals surface area contributed by atoms with Crippen LogP contribution < -0.4 is 15.4 Å². The van der Waals surface area contributed by atoms with Crippen molar-refractivity contribution in [3.05, 3.63) is 29.8 Å². The number of methoxy groups -OCH3 is 1. The summed E-state index contributed by atoms with van der Waals surface area (Å²) in [5.74, 6) is 1.74. The van der Waals surface area contributed by atoms with Crippen LogP contribution in [0.3, 0.4) is 0 Å². The number of hydrogen-bond acceptors (Lipinski definition) is 4. The summed E-state index contributed by atoms with van der Waals surface area (Å²) in [7, 11) is 3.50. The summed E-state index contributed by atoms with van der Waals surface area (Å²) in [6.07, 6.45) is 0. The quantitative estimate of drug-likeness (QED) is 0.607. The fraction of sp³-hybridized carbons (Fsp3) is 0.588. The van der Waals surface area contributed by atoms with Crippen molar-refractivity contribution in [2.75, 3.05) is 53.4 Å². The van der Waals surface area contributed by atoms with Gasteiger partial charge in [-0.2, -0.15) is 0 Å². The van der Waals surface area contributed by atoms with Crippen molar-refractivity contribution in [2.24, 2.45) is 4.99 Å². The zero-order chi connectivity index (χ0) is 16.1. The van der Waals surface area contributed by atoms with Crippen LogP contribution in [0.25, 0.3) is 0 Å². The zero-order valence-corrected chi connectivity index (χ0v) is 14.1. The number of rotatable bonds is 5. The Kier molecular flexibility index (Phi) is 5.35. The summed E-state index contributed by atoms with van der Waals surface area (Å²) in [6.45, 7) is 7.71. The highest BCUT2D eigenvalue weighted by Gasteiger charge is 2.31. The Morgan fingerprint density at radius 1 is 1.17 bits per heavy atom. The predicted octanol–water partition coefficient (Wildman–Crippen LogP) is 0.360. The molecule has 6 heteroatoms. The molecule has 3 aliphatic rings. The Hall–Kier alpha value is -1.79. The second kappa shape index (κ2) is 7.66. The van der Waals surface area contributed by atoms with Crippen molar-refractivity contribution in [3.63, 3.8) is 0 Å². The van der Waals surface area contributed by atoms with E-state index in [1.165, 1.54) is 38.3 Å². The van der Waals surface area contributed by atoms with Gasteiger partial charge in [-0.1, -0.05) is 12.1 Å². The maximum Gasteiger partial charge on any atom is 0.191 e. The Labute approximate surface area is 138 Å². The number of hydrogen-bond donors (Lipinski definition) is 2. The summed E-state index contributed by atoms with van der Waals surface area (Å²) >= 11 is 0. The molecule has 3 fully saturated rings. The van der Waals surface area contributed by atoms with Crippen LogP contribution in [0.2, 0.25) is 0 Å². The van der Waals surface area contributed by atoms with E-state index in [0.29, 0.717) is 6.04 Å². The van der Waals surface area contributed by atoms with Crippen LogP contribution in [0, 0.1) is 0 Å².